The second-order valence-electron chi connectivity index (χ2n) is 4.07. The van der Waals surface area contributed by atoms with Crippen molar-refractivity contribution in [1.29, 1.82) is 0 Å². The number of likely N-dealkylation sites (N-methyl/N-ethyl adjacent to an activating group) is 1. The minimum Gasteiger partial charge on any atom is -0.343 e. The molecule has 0 amide bonds. The van der Waals surface area contributed by atoms with Crippen LogP contribution < -0.4 is 10.0 Å². The van der Waals surface area contributed by atoms with Crippen molar-refractivity contribution in [3.8, 4) is 0 Å². The molecule has 0 saturated carbocycles. The van der Waals surface area contributed by atoms with E-state index in [0.717, 1.165) is 17.8 Å². The number of rotatable bonds is 8. The Labute approximate surface area is 121 Å². The minimum absolute atomic E-state index is 0.242. The van der Waals surface area contributed by atoms with Gasteiger partial charge in [-0.3, -0.25) is 0 Å². The first kappa shape index (κ1) is 15.1. The number of hydrogen-bond acceptors (Lipinski definition) is 7. The lowest BCUT2D eigenvalue weighted by Gasteiger charge is -2.02. The fourth-order valence-corrected chi connectivity index (χ4v) is 3.99. The number of nitrogens with one attached hydrogen (secondary N) is 2. The molecule has 110 valence electrons. The standard InChI is InChI=1S/C11H16N4O3S2/c1-12-6-4-9-2-3-11(19-9)20(16,17)14-7-5-10-13-8-18-15-10/h2-3,8,12,14H,4-7H2,1H3. The lowest BCUT2D eigenvalue weighted by molar-refractivity contribution is 0.410. The molecule has 9 heteroatoms. The Balaban J connectivity index is 1.90. The molecule has 0 bridgehead atoms. The summed E-state index contributed by atoms with van der Waals surface area (Å²) in [6.45, 7) is 1.07. The van der Waals surface area contributed by atoms with E-state index in [0.29, 0.717) is 16.5 Å². The van der Waals surface area contributed by atoms with Crippen LogP contribution in [0, 0.1) is 0 Å². The summed E-state index contributed by atoms with van der Waals surface area (Å²) in [4.78, 5) is 4.87. The number of nitrogens with zero attached hydrogens (tertiary/aromatic N) is 2. The van der Waals surface area contributed by atoms with Crippen LogP contribution in [0.15, 0.2) is 27.3 Å². The third-order valence-corrected chi connectivity index (χ3v) is 5.67. The highest BCUT2D eigenvalue weighted by Crippen LogP contribution is 2.21. The molecule has 7 nitrogen and oxygen atoms in total. The highest BCUT2D eigenvalue weighted by molar-refractivity contribution is 7.91. The average Bonchev–Trinajstić information content (AvgIpc) is 3.07. The summed E-state index contributed by atoms with van der Waals surface area (Å²) in [5, 5.41) is 6.65. The van der Waals surface area contributed by atoms with Crippen LogP contribution in [0.1, 0.15) is 10.7 Å². The Hall–Kier alpha value is -1.29. The van der Waals surface area contributed by atoms with E-state index >= 15 is 0 Å². The zero-order valence-corrected chi connectivity index (χ0v) is 12.6. The van der Waals surface area contributed by atoms with E-state index in [1.165, 1.54) is 17.7 Å². The molecule has 0 unspecified atom stereocenters. The van der Waals surface area contributed by atoms with Gasteiger partial charge in [0.1, 0.15) is 4.21 Å². The van der Waals surface area contributed by atoms with Crippen LogP contribution >= 0.6 is 11.3 Å². The smallest absolute Gasteiger partial charge is 0.250 e. The van der Waals surface area contributed by atoms with Gasteiger partial charge >= 0.3 is 0 Å². The van der Waals surface area contributed by atoms with Crippen LogP contribution in [0.5, 0.6) is 0 Å². The summed E-state index contributed by atoms with van der Waals surface area (Å²) < 4.78 is 31.6. The second-order valence-corrected chi connectivity index (χ2v) is 7.23. The Morgan fingerprint density at radius 3 is 2.85 bits per heavy atom. The zero-order chi connectivity index (χ0) is 14.4. The Morgan fingerprint density at radius 1 is 1.30 bits per heavy atom. The quantitative estimate of drug-likeness (QED) is 0.732. The summed E-state index contributed by atoms with van der Waals surface area (Å²) in [6, 6.07) is 3.47. The largest absolute Gasteiger partial charge is 0.343 e. The van der Waals surface area contributed by atoms with Crippen molar-refractivity contribution in [2.24, 2.45) is 0 Å². The maximum absolute atomic E-state index is 12.1. The molecule has 2 rings (SSSR count). The molecule has 0 aromatic carbocycles. The van der Waals surface area contributed by atoms with Gasteiger partial charge in [0.2, 0.25) is 16.4 Å². The van der Waals surface area contributed by atoms with Crippen LogP contribution in [0.3, 0.4) is 0 Å². The predicted octanol–water partition coefficient (Wildman–Crippen LogP) is 0.414. The van der Waals surface area contributed by atoms with Crippen molar-refractivity contribution in [2.75, 3.05) is 20.1 Å². The molecule has 2 aromatic rings. The lowest BCUT2D eigenvalue weighted by atomic mass is 10.3. The Morgan fingerprint density at radius 2 is 2.15 bits per heavy atom. The minimum atomic E-state index is -3.46. The molecule has 0 atom stereocenters. The summed E-state index contributed by atoms with van der Waals surface area (Å²) >= 11 is 1.29. The van der Waals surface area contributed by atoms with E-state index in [2.05, 4.69) is 24.7 Å². The molecule has 2 N–H and O–H groups in total. The molecule has 0 aliphatic heterocycles. The van der Waals surface area contributed by atoms with Crippen molar-refractivity contribution in [3.05, 3.63) is 29.2 Å². The zero-order valence-electron chi connectivity index (χ0n) is 11.0. The SMILES string of the molecule is CNCCc1ccc(S(=O)(=O)NCCc2ncon2)s1. The van der Waals surface area contributed by atoms with Gasteiger partial charge in [-0.2, -0.15) is 4.98 Å². The van der Waals surface area contributed by atoms with Crippen molar-refractivity contribution in [3.63, 3.8) is 0 Å². The van der Waals surface area contributed by atoms with Crippen LogP contribution in [0.4, 0.5) is 0 Å². The first-order valence-corrected chi connectivity index (χ1v) is 8.40. The van der Waals surface area contributed by atoms with Gasteiger partial charge in [0.25, 0.3) is 0 Å². The van der Waals surface area contributed by atoms with E-state index < -0.39 is 10.0 Å². The maximum Gasteiger partial charge on any atom is 0.250 e. The predicted molar refractivity (Wildman–Crippen MR) is 75.1 cm³/mol. The first-order valence-electron chi connectivity index (χ1n) is 6.10. The fraction of sp³-hybridized carbons (Fsp3) is 0.455. The van der Waals surface area contributed by atoms with Crippen LogP contribution in [-0.4, -0.2) is 38.7 Å². The lowest BCUT2D eigenvalue weighted by Crippen LogP contribution is -2.25. The highest BCUT2D eigenvalue weighted by Gasteiger charge is 2.16. The van der Waals surface area contributed by atoms with Gasteiger partial charge in [0, 0.05) is 17.8 Å². The number of sulfonamides is 1. The van der Waals surface area contributed by atoms with Gasteiger partial charge in [0.15, 0.2) is 5.82 Å². The topological polar surface area (TPSA) is 97.1 Å². The molecule has 0 aliphatic carbocycles. The molecule has 0 aliphatic rings. The Bertz CT molecular complexity index is 622. The fourth-order valence-electron chi connectivity index (χ4n) is 1.56. The summed E-state index contributed by atoms with van der Waals surface area (Å²) in [7, 11) is -1.59. The molecule has 0 saturated heterocycles. The number of thiophene rings is 1. The van der Waals surface area contributed by atoms with Gasteiger partial charge < -0.3 is 9.84 Å². The molecular formula is C11H16N4O3S2. The first-order chi connectivity index (χ1) is 9.62. The highest BCUT2D eigenvalue weighted by atomic mass is 32.2. The van der Waals surface area contributed by atoms with Crippen molar-refractivity contribution < 1.29 is 12.9 Å². The van der Waals surface area contributed by atoms with Gasteiger partial charge in [-0.25, -0.2) is 13.1 Å². The monoisotopic (exact) mass is 316 g/mol. The maximum atomic E-state index is 12.1. The van der Waals surface area contributed by atoms with Crippen LogP contribution in [0.2, 0.25) is 0 Å². The summed E-state index contributed by atoms with van der Waals surface area (Å²) in [5.74, 6) is 0.480. The molecule has 2 heterocycles. The van der Waals surface area contributed by atoms with Crippen LogP contribution in [0.25, 0.3) is 0 Å². The van der Waals surface area contributed by atoms with Gasteiger partial charge in [-0.05, 0) is 32.1 Å². The van der Waals surface area contributed by atoms with Gasteiger partial charge in [-0.1, -0.05) is 5.16 Å². The third kappa shape index (κ3) is 4.10. The van der Waals surface area contributed by atoms with Crippen molar-refractivity contribution >= 4 is 21.4 Å². The molecule has 20 heavy (non-hydrogen) atoms. The number of hydrogen-bond donors (Lipinski definition) is 2. The molecule has 0 fully saturated rings. The molecule has 0 spiro atoms. The molecular weight excluding hydrogens is 300 g/mol. The average molecular weight is 316 g/mol. The molecule has 0 radical (unpaired) electrons. The van der Waals surface area contributed by atoms with E-state index in [9.17, 15) is 8.42 Å². The number of aromatic nitrogens is 2. The second kappa shape index (κ2) is 6.93. The van der Waals surface area contributed by atoms with E-state index in [-0.39, 0.29) is 6.54 Å². The molecule has 2 aromatic heterocycles. The van der Waals surface area contributed by atoms with Crippen LogP contribution in [-0.2, 0) is 22.9 Å². The Kier molecular flexibility index (Phi) is 5.24. The third-order valence-electron chi connectivity index (χ3n) is 2.57. The summed E-state index contributed by atoms with van der Waals surface area (Å²) in [6.07, 6.45) is 2.43. The van der Waals surface area contributed by atoms with Gasteiger partial charge in [-0.15, -0.1) is 11.3 Å². The van der Waals surface area contributed by atoms with E-state index in [1.807, 2.05) is 13.1 Å². The van der Waals surface area contributed by atoms with Crippen molar-refractivity contribution in [1.82, 2.24) is 20.2 Å². The van der Waals surface area contributed by atoms with E-state index in [4.69, 9.17) is 0 Å². The van der Waals surface area contributed by atoms with Gasteiger partial charge in [0.05, 0.1) is 0 Å². The summed E-state index contributed by atoms with van der Waals surface area (Å²) in [5.41, 5.74) is 0. The van der Waals surface area contributed by atoms with E-state index in [1.54, 1.807) is 6.07 Å². The van der Waals surface area contributed by atoms with Crippen molar-refractivity contribution in [2.45, 2.75) is 17.1 Å². The normalized spacial score (nSPS) is 11.8.